The van der Waals surface area contributed by atoms with Crippen LogP contribution in [0.3, 0.4) is 0 Å². The minimum Gasteiger partial charge on any atom is -0.377 e. The summed E-state index contributed by atoms with van der Waals surface area (Å²) >= 11 is 0. The van der Waals surface area contributed by atoms with Crippen LogP contribution in [0.1, 0.15) is 26.3 Å². The maximum absolute atomic E-state index is 10.6. The van der Waals surface area contributed by atoms with Gasteiger partial charge in [-0.1, -0.05) is 12.1 Å². The molecule has 0 spiro atoms. The molecule has 0 aliphatic heterocycles. The summed E-state index contributed by atoms with van der Waals surface area (Å²) in [5.41, 5.74) is 0.706. The van der Waals surface area contributed by atoms with E-state index in [1.165, 1.54) is 12.1 Å². The van der Waals surface area contributed by atoms with Gasteiger partial charge in [0, 0.05) is 32.3 Å². The molecule has 130 valence electrons. The molecule has 0 bridgehead atoms. The quantitative estimate of drug-likeness (QED) is 0.226. The average Bonchev–Trinajstić information content (AvgIpc) is 2.50. The van der Waals surface area contributed by atoms with Crippen molar-refractivity contribution in [2.45, 2.75) is 32.9 Å². The van der Waals surface area contributed by atoms with E-state index in [1.807, 2.05) is 20.8 Å². The predicted molar refractivity (Wildman–Crippen MR) is 102 cm³/mol. The number of benzene rings is 1. The van der Waals surface area contributed by atoms with Crippen LogP contribution >= 0.6 is 24.0 Å². The van der Waals surface area contributed by atoms with E-state index in [0.717, 1.165) is 12.1 Å². The summed E-state index contributed by atoms with van der Waals surface area (Å²) < 4.78 is 5.36. The molecular weight excluding hydrogens is 411 g/mol. The van der Waals surface area contributed by atoms with Gasteiger partial charge in [-0.25, -0.2) is 4.99 Å². The van der Waals surface area contributed by atoms with E-state index in [4.69, 9.17) is 4.74 Å². The van der Waals surface area contributed by atoms with E-state index in [-0.39, 0.29) is 35.3 Å². The lowest BCUT2D eigenvalue weighted by Gasteiger charge is -2.24. The molecule has 1 rings (SSSR count). The molecule has 0 unspecified atom stereocenters. The van der Waals surface area contributed by atoms with E-state index in [2.05, 4.69) is 15.6 Å². The lowest BCUT2D eigenvalue weighted by Crippen LogP contribution is -2.45. The number of nitrogens with zero attached hydrogens (tertiary/aromatic N) is 2. The third kappa shape index (κ3) is 8.12. The zero-order valence-electron chi connectivity index (χ0n) is 14.0. The third-order valence-corrected chi connectivity index (χ3v) is 3.15. The van der Waals surface area contributed by atoms with Crippen LogP contribution in [0.5, 0.6) is 0 Å². The zero-order valence-corrected chi connectivity index (χ0v) is 16.3. The van der Waals surface area contributed by atoms with Gasteiger partial charge in [-0.3, -0.25) is 10.1 Å². The van der Waals surface area contributed by atoms with Crippen molar-refractivity contribution in [3.8, 4) is 0 Å². The van der Waals surface area contributed by atoms with Gasteiger partial charge < -0.3 is 15.4 Å². The number of nitro groups is 1. The number of aliphatic imine (C=N–C) groups is 1. The highest BCUT2D eigenvalue weighted by atomic mass is 127. The van der Waals surface area contributed by atoms with Crippen molar-refractivity contribution >= 4 is 35.6 Å². The van der Waals surface area contributed by atoms with Crippen molar-refractivity contribution in [1.82, 2.24) is 10.6 Å². The van der Waals surface area contributed by atoms with Gasteiger partial charge in [-0.15, -0.1) is 24.0 Å². The second-order valence-corrected chi connectivity index (χ2v) is 5.44. The van der Waals surface area contributed by atoms with Gasteiger partial charge in [0.2, 0.25) is 0 Å². The standard InChI is InChI=1S/C15H24N4O3.HI/c1-5-16-14(18-11-15(2,3)22-4)17-10-12-6-8-13(9-7-12)19(20)21;/h6-9H,5,10-11H2,1-4H3,(H2,16,17,18);1H. The minimum absolute atomic E-state index is 0. The zero-order chi connectivity index (χ0) is 16.6. The van der Waals surface area contributed by atoms with E-state index in [1.54, 1.807) is 19.2 Å². The van der Waals surface area contributed by atoms with E-state index in [9.17, 15) is 10.1 Å². The number of halogens is 1. The van der Waals surface area contributed by atoms with Crippen LogP contribution in [-0.4, -0.2) is 36.7 Å². The van der Waals surface area contributed by atoms with Crippen molar-refractivity contribution in [1.29, 1.82) is 0 Å². The van der Waals surface area contributed by atoms with E-state index < -0.39 is 4.92 Å². The molecule has 0 aliphatic rings. The first kappa shape index (κ1) is 21.6. The molecule has 2 N–H and O–H groups in total. The molecule has 0 fully saturated rings. The Morgan fingerprint density at radius 3 is 2.39 bits per heavy atom. The number of nitrogens with one attached hydrogen (secondary N) is 2. The van der Waals surface area contributed by atoms with Gasteiger partial charge in [0.25, 0.3) is 5.69 Å². The number of non-ortho nitro benzene ring substituents is 1. The Balaban J connectivity index is 0.00000484. The molecule has 0 aromatic heterocycles. The summed E-state index contributed by atoms with van der Waals surface area (Å²) in [4.78, 5) is 14.7. The second kappa shape index (κ2) is 10.4. The van der Waals surface area contributed by atoms with Crippen molar-refractivity contribution in [2.24, 2.45) is 4.99 Å². The van der Waals surface area contributed by atoms with Crippen LogP contribution in [0, 0.1) is 10.1 Å². The van der Waals surface area contributed by atoms with Crippen LogP contribution in [0.25, 0.3) is 0 Å². The van der Waals surface area contributed by atoms with Gasteiger partial charge >= 0.3 is 0 Å². The smallest absolute Gasteiger partial charge is 0.269 e. The Kier molecular flexibility index (Phi) is 9.73. The molecule has 0 amide bonds. The Bertz CT molecular complexity index is 518. The summed E-state index contributed by atoms with van der Waals surface area (Å²) in [5, 5.41) is 17.0. The Morgan fingerprint density at radius 2 is 1.91 bits per heavy atom. The first-order valence-electron chi connectivity index (χ1n) is 7.18. The first-order chi connectivity index (χ1) is 10.4. The number of hydrogen-bond acceptors (Lipinski definition) is 4. The number of nitro benzene ring substituents is 1. The molecule has 0 saturated heterocycles. The van der Waals surface area contributed by atoms with Gasteiger partial charge in [0.05, 0.1) is 17.1 Å². The summed E-state index contributed by atoms with van der Waals surface area (Å²) in [6.07, 6.45) is 0. The lowest BCUT2D eigenvalue weighted by atomic mass is 10.1. The fourth-order valence-corrected chi connectivity index (χ4v) is 1.60. The summed E-state index contributed by atoms with van der Waals surface area (Å²) in [5.74, 6) is 0.686. The molecule has 0 aliphatic carbocycles. The number of guanidine groups is 1. The molecule has 8 heteroatoms. The van der Waals surface area contributed by atoms with Crippen LogP contribution in [-0.2, 0) is 11.3 Å². The molecule has 7 nitrogen and oxygen atoms in total. The number of rotatable bonds is 7. The summed E-state index contributed by atoms with van der Waals surface area (Å²) in [6, 6.07) is 6.40. The van der Waals surface area contributed by atoms with Crippen LogP contribution < -0.4 is 10.6 Å². The molecule has 0 heterocycles. The lowest BCUT2D eigenvalue weighted by molar-refractivity contribution is -0.384. The van der Waals surface area contributed by atoms with Crippen molar-refractivity contribution in [3.05, 3.63) is 39.9 Å². The molecule has 0 saturated carbocycles. The topological polar surface area (TPSA) is 88.8 Å². The fourth-order valence-electron chi connectivity index (χ4n) is 1.60. The maximum Gasteiger partial charge on any atom is 0.269 e. The number of ether oxygens (including phenoxy) is 1. The van der Waals surface area contributed by atoms with Gasteiger partial charge in [-0.05, 0) is 26.3 Å². The molecule has 0 atom stereocenters. The molecule has 0 radical (unpaired) electrons. The van der Waals surface area contributed by atoms with Gasteiger partial charge in [0.1, 0.15) is 0 Å². The second-order valence-electron chi connectivity index (χ2n) is 5.44. The molecular formula is C15H25IN4O3. The SMILES string of the molecule is CCNC(=NCc1ccc([N+](=O)[O-])cc1)NCC(C)(C)OC.I. The molecule has 23 heavy (non-hydrogen) atoms. The molecule has 1 aromatic rings. The average molecular weight is 436 g/mol. The highest BCUT2D eigenvalue weighted by molar-refractivity contribution is 14.0. The van der Waals surface area contributed by atoms with Crippen LogP contribution in [0.15, 0.2) is 29.3 Å². The largest absolute Gasteiger partial charge is 0.377 e. The number of methoxy groups -OCH3 is 1. The van der Waals surface area contributed by atoms with Crippen molar-refractivity contribution in [3.63, 3.8) is 0 Å². The van der Waals surface area contributed by atoms with Gasteiger partial charge in [0.15, 0.2) is 5.96 Å². The fraction of sp³-hybridized carbons (Fsp3) is 0.533. The highest BCUT2D eigenvalue weighted by Gasteiger charge is 2.16. The van der Waals surface area contributed by atoms with Crippen LogP contribution in [0.2, 0.25) is 0 Å². The Morgan fingerprint density at radius 1 is 1.30 bits per heavy atom. The summed E-state index contributed by atoms with van der Waals surface area (Å²) in [7, 11) is 1.67. The van der Waals surface area contributed by atoms with Crippen LogP contribution in [0.4, 0.5) is 5.69 Å². The van der Waals surface area contributed by atoms with E-state index in [0.29, 0.717) is 19.0 Å². The Labute approximate surface area is 154 Å². The van der Waals surface area contributed by atoms with E-state index >= 15 is 0 Å². The van der Waals surface area contributed by atoms with Crippen molar-refractivity contribution in [2.75, 3.05) is 20.2 Å². The van der Waals surface area contributed by atoms with Gasteiger partial charge in [-0.2, -0.15) is 0 Å². The minimum atomic E-state index is -0.411. The normalized spacial score (nSPS) is 11.6. The van der Waals surface area contributed by atoms with Crippen molar-refractivity contribution < 1.29 is 9.66 Å². The highest BCUT2D eigenvalue weighted by Crippen LogP contribution is 2.12. The number of hydrogen-bond donors (Lipinski definition) is 2. The predicted octanol–water partition coefficient (Wildman–Crippen LogP) is 2.69. The monoisotopic (exact) mass is 436 g/mol. The first-order valence-corrected chi connectivity index (χ1v) is 7.18. The maximum atomic E-state index is 10.6. The Hall–Kier alpha value is -1.42. The molecule has 1 aromatic carbocycles. The third-order valence-electron chi connectivity index (χ3n) is 3.15. The summed E-state index contributed by atoms with van der Waals surface area (Å²) in [6.45, 7) is 7.78.